The van der Waals surface area contributed by atoms with E-state index < -0.39 is 0 Å². The lowest BCUT2D eigenvalue weighted by atomic mass is 9.85. The highest BCUT2D eigenvalue weighted by Gasteiger charge is 2.23. The smallest absolute Gasteiger partial charge is 0.260 e. The van der Waals surface area contributed by atoms with Crippen LogP contribution in [-0.4, -0.2) is 35.5 Å². The SMILES string of the molecule is Cc1ccc(OCC(=O)N2CCc3[nH]c4ccc(C)cc4c3CC2)c(C(C)(C)C)c1. The molecule has 0 unspecified atom stereocenters. The first kappa shape index (κ1) is 20.5. The third kappa shape index (κ3) is 4.09. The summed E-state index contributed by atoms with van der Waals surface area (Å²) in [4.78, 5) is 18.4. The molecule has 0 bridgehead atoms. The fourth-order valence-corrected chi connectivity index (χ4v) is 4.36. The largest absolute Gasteiger partial charge is 0.483 e. The molecule has 0 spiro atoms. The first-order chi connectivity index (χ1) is 14.2. The van der Waals surface area contributed by atoms with Crippen LogP contribution in [0, 0.1) is 13.8 Å². The van der Waals surface area contributed by atoms with Gasteiger partial charge in [-0.25, -0.2) is 0 Å². The van der Waals surface area contributed by atoms with E-state index in [2.05, 4.69) is 63.9 Å². The van der Waals surface area contributed by atoms with Crippen LogP contribution in [0.5, 0.6) is 5.75 Å². The molecule has 1 aromatic heterocycles. The Kier molecular flexibility index (Phi) is 5.35. The highest BCUT2D eigenvalue weighted by atomic mass is 16.5. The molecule has 30 heavy (non-hydrogen) atoms. The van der Waals surface area contributed by atoms with Gasteiger partial charge >= 0.3 is 0 Å². The van der Waals surface area contributed by atoms with Crippen LogP contribution in [0.3, 0.4) is 0 Å². The molecule has 3 aromatic rings. The average Bonchev–Trinajstić information content (AvgIpc) is 2.88. The number of nitrogens with zero attached hydrogens (tertiary/aromatic N) is 1. The Morgan fingerprint density at radius 2 is 1.73 bits per heavy atom. The summed E-state index contributed by atoms with van der Waals surface area (Å²) in [5, 5.41) is 1.30. The van der Waals surface area contributed by atoms with Crippen LogP contribution >= 0.6 is 0 Å². The maximum absolute atomic E-state index is 12.9. The van der Waals surface area contributed by atoms with Crippen LogP contribution in [-0.2, 0) is 23.1 Å². The van der Waals surface area contributed by atoms with Crippen LogP contribution in [0.25, 0.3) is 10.9 Å². The van der Waals surface area contributed by atoms with Gasteiger partial charge in [0.1, 0.15) is 5.75 Å². The molecule has 0 atom stereocenters. The van der Waals surface area contributed by atoms with Gasteiger partial charge in [-0.05, 0) is 55.0 Å². The van der Waals surface area contributed by atoms with Gasteiger partial charge in [0, 0.05) is 36.1 Å². The van der Waals surface area contributed by atoms with Gasteiger partial charge in [-0.3, -0.25) is 4.79 Å². The zero-order valence-corrected chi connectivity index (χ0v) is 18.8. The van der Waals surface area contributed by atoms with Crippen LogP contribution in [0.15, 0.2) is 36.4 Å². The lowest BCUT2D eigenvalue weighted by Gasteiger charge is -2.25. The van der Waals surface area contributed by atoms with Crippen molar-refractivity contribution in [3.63, 3.8) is 0 Å². The quantitative estimate of drug-likeness (QED) is 0.661. The molecule has 1 N–H and O–H groups in total. The second-order valence-corrected chi connectivity index (χ2v) is 9.55. The van der Waals surface area contributed by atoms with Crippen LogP contribution in [0.2, 0.25) is 0 Å². The Bertz CT molecular complexity index is 1090. The number of hydrogen-bond donors (Lipinski definition) is 1. The van der Waals surface area contributed by atoms with Crippen LogP contribution in [0.4, 0.5) is 0 Å². The summed E-state index contributed by atoms with van der Waals surface area (Å²) >= 11 is 0. The van der Waals surface area contributed by atoms with Crippen molar-refractivity contribution in [2.45, 2.75) is 52.9 Å². The number of nitrogens with one attached hydrogen (secondary N) is 1. The number of benzene rings is 2. The van der Waals surface area contributed by atoms with Gasteiger partial charge in [-0.15, -0.1) is 0 Å². The molecule has 4 nitrogen and oxygen atoms in total. The van der Waals surface area contributed by atoms with Gasteiger partial charge in [-0.1, -0.05) is 50.1 Å². The predicted molar refractivity (Wildman–Crippen MR) is 122 cm³/mol. The molecule has 2 aromatic carbocycles. The molecule has 0 saturated carbocycles. The Balaban J connectivity index is 1.45. The number of ether oxygens (including phenoxy) is 1. The number of aryl methyl sites for hydroxylation is 2. The molecule has 0 fully saturated rings. The van der Waals surface area contributed by atoms with Crippen molar-refractivity contribution >= 4 is 16.8 Å². The Labute approximate surface area is 179 Å². The number of rotatable bonds is 3. The van der Waals surface area contributed by atoms with E-state index in [-0.39, 0.29) is 17.9 Å². The summed E-state index contributed by atoms with van der Waals surface area (Å²) in [5.74, 6) is 0.865. The highest BCUT2D eigenvalue weighted by Crippen LogP contribution is 2.32. The molecule has 0 saturated heterocycles. The molecule has 4 rings (SSSR count). The normalized spacial score (nSPS) is 14.5. The van der Waals surface area contributed by atoms with Gasteiger partial charge in [0.05, 0.1) is 0 Å². The fourth-order valence-electron chi connectivity index (χ4n) is 4.36. The zero-order valence-electron chi connectivity index (χ0n) is 18.8. The van der Waals surface area contributed by atoms with Crippen molar-refractivity contribution in [1.29, 1.82) is 0 Å². The van der Waals surface area contributed by atoms with E-state index in [4.69, 9.17) is 4.74 Å². The molecular weight excluding hydrogens is 372 g/mol. The van der Waals surface area contributed by atoms with Gasteiger partial charge in [-0.2, -0.15) is 0 Å². The lowest BCUT2D eigenvalue weighted by molar-refractivity contribution is -0.133. The second kappa shape index (κ2) is 7.82. The minimum Gasteiger partial charge on any atom is -0.483 e. The molecule has 4 heteroatoms. The molecular formula is C26H32N2O2. The first-order valence-electron chi connectivity index (χ1n) is 10.8. The number of H-pyrrole nitrogens is 1. The number of carbonyl (C=O) groups is 1. The molecule has 1 aliphatic heterocycles. The van der Waals surface area contributed by atoms with E-state index in [1.807, 2.05) is 17.0 Å². The topological polar surface area (TPSA) is 45.3 Å². The average molecular weight is 405 g/mol. The molecule has 0 radical (unpaired) electrons. The predicted octanol–water partition coefficient (Wildman–Crippen LogP) is 5.09. The number of hydrogen-bond acceptors (Lipinski definition) is 2. The Morgan fingerprint density at radius 1 is 1.03 bits per heavy atom. The summed E-state index contributed by atoms with van der Waals surface area (Å²) in [7, 11) is 0. The van der Waals surface area contributed by atoms with Gasteiger partial charge < -0.3 is 14.6 Å². The van der Waals surface area contributed by atoms with E-state index in [0.717, 1.165) is 37.2 Å². The summed E-state index contributed by atoms with van der Waals surface area (Å²) in [6.07, 6.45) is 1.73. The summed E-state index contributed by atoms with van der Waals surface area (Å²) < 4.78 is 6.02. The van der Waals surface area contributed by atoms with Crippen LogP contribution < -0.4 is 4.74 Å². The lowest BCUT2D eigenvalue weighted by Crippen LogP contribution is -2.37. The summed E-state index contributed by atoms with van der Waals surface area (Å²) in [6, 6.07) is 12.7. The maximum Gasteiger partial charge on any atom is 0.260 e. The van der Waals surface area contributed by atoms with E-state index >= 15 is 0 Å². The summed E-state index contributed by atoms with van der Waals surface area (Å²) in [6.45, 7) is 12.3. The number of amides is 1. The maximum atomic E-state index is 12.9. The zero-order chi connectivity index (χ0) is 21.5. The number of aromatic amines is 1. The Morgan fingerprint density at radius 3 is 2.50 bits per heavy atom. The minimum absolute atomic E-state index is 0.0328. The standard InChI is InChI=1S/C26H32N2O2/c1-17-6-8-22-20(14-17)19-10-12-28(13-11-23(19)27-22)25(29)16-30-24-9-7-18(2)15-21(24)26(3,4)5/h6-9,14-15,27H,10-13,16H2,1-5H3. The van der Waals surface area contributed by atoms with Crippen molar-refractivity contribution in [2.75, 3.05) is 19.7 Å². The highest BCUT2D eigenvalue weighted by molar-refractivity contribution is 5.86. The van der Waals surface area contributed by atoms with E-state index in [9.17, 15) is 4.79 Å². The monoisotopic (exact) mass is 404 g/mol. The number of fused-ring (bicyclic) bond motifs is 3. The van der Waals surface area contributed by atoms with Crippen LogP contribution in [0.1, 0.15) is 48.7 Å². The fraction of sp³-hybridized carbons (Fsp3) is 0.423. The van der Waals surface area contributed by atoms with Gasteiger partial charge in [0.2, 0.25) is 0 Å². The number of aromatic nitrogens is 1. The Hall–Kier alpha value is -2.75. The van der Waals surface area contributed by atoms with Gasteiger partial charge in [0.15, 0.2) is 6.61 Å². The van der Waals surface area contributed by atoms with Crippen molar-refractivity contribution in [3.05, 3.63) is 64.3 Å². The van der Waals surface area contributed by atoms with Gasteiger partial charge in [0.25, 0.3) is 5.91 Å². The molecule has 1 amide bonds. The molecule has 158 valence electrons. The molecule has 2 heterocycles. The van der Waals surface area contributed by atoms with E-state index in [0.29, 0.717) is 0 Å². The van der Waals surface area contributed by atoms with E-state index in [1.165, 1.54) is 33.3 Å². The van der Waals surface area contributed by atoms with Crippen molar-refractivity contribution in [3.8, 4) is 5.75 Å². The van der Waals surface area contributed by atoms with Crippen molar-refractivity contribution in [2.24, 2.45) is 0 Å². The molecule has 1 aliphatic rings. The molecule has 0 aliphatic carbocycles. The van der Waals surface area contributed by atoms with Crippen molar-refractivity contribution in [1.82, 2.24) is 9.88 Å². The third-order valence-corrected chi connectivity index (χ3v) is 6.06. The minimum atomic E-state index is -0.0328. The van der Waals surface area contributed by atoms with E-state index in [1.54, 1.807) is 0 Å². The first-order valence-corrected chi connectivity index (χ1v) is 10.8. The number of carbonyl (C=O) groups excluding carboxylic acids is 1. The summed E-state index contributed by atoms with van der Waals surface area (Å²) in [5.41, 5.74) is 7.40. The van der Waals surface area contributed by atoms with Crippen molar-refractivity contribution < 1.29 is 9.53 Å². The second-order valence-electron chi connectivity index (χ2n) is 9.55. The third-order valence-electron chi connectivity index (χ3n) is 6.06.